The fraction of sp³-hybridized carbons (Fsp3) is 0.824. The Labute approximate surface area is 122 Å². The molecule has 0 radical (unpaired) electrons. The number of nitrogens with zero attached hydrogens (tertiary/aromatic N) is 2. The summed E-state index contributed by atoms with van der Waals surface area (Å²) in [5.41, 5.74) is 0.565. The van der Waals surface area contributed by atoms with E-state index in [1.54, 1.807) is 0 Å². The predicted octanol–water partition coefficient (Wildman–Crippen LogP) is 2.77. The zero-order valence-electron chi connectivity index (χ0n) is 12.8. The van der Waals surface area contributed by atoms with E-state index in [4.69, 9.17) is 0 Å². The predicted molar refractivity (Wildman–Crippen MR) is 80.4 cm³/mol. The van der Waals surface area contributed by atoms with Gasteiger partial charge in [-0.05, 0) is 68.7 Å². The Morgan fingerprint density at radius 1 is 1.25 bits per heavy atom. The van der Waals surface area contributed by atoms with Crippen LogP contribution in [0.1, 0.15) is 44.3 Å². The van der Waals surface area contributed by atoms with Gasteiger partial charge in [0.15, 0.2) is 0 Å². The maximum atomic E-state index is 4.55. The quantitative estimate of drug-likeness (QED) is 0.914. The first kappa shape index (κ1) is 12.9. The van der Waals surface area contributed by atoms with Crippen LogP contribution in [0.15, 0.2) is 12.4 Å². The van der Waals surface area contributed by atoms with Crippen LogP contribution in [-0.4, -0.2) is 22.6 Å². The van der Waals surface area contributed by atoms with Gasteiger partial charge in [-0.1, -0.05) is 0 Å². The lowest BCUT2D eigenvalue weighted by Gasteiger charge is -2.59. The number of hydrogen-bond acceptors (Lipinski definition) is 2. The Balaban J connectivity index is 1.59. The van der Waals surface area contributed by atoms with Gasteiger partial charge >= 0.3 is 0 Å². The van der Waals surface area contributed by atoms with Crippen LogP contribution in [0.3, 0.4) is 0 Å². The maximum absolute atomic E-state index is 4.55. The van der Waals surface area contributed by atoms with Gasteiger partial charge in [0.2, 0.25) is 0 Å². The van der Waals surface area contributed by atoms with E-state index in [0.717, 1.165) is 24.2 Å². The third-order valence-corrected chi connectivity index (χ3v) is 6.48. The molecule has 0 aromatic carbocycles. The van der Waals surface area contributed by atoms with E-state index in [0.29, 0.717) is 11.5 Å². The zero-order valence-corrected chi connectivity index (χ0v) is 12.8. The van der Waals surface area contributed by atoms with Crippen molar-refractivity contribution in [3.63, 3.8) is 0 Å². The summed E-state index contributed by atoms with van der Waals surface area (Å²) in [6.45, 7) is 0. The number of rotatable bonds is 4. The minimum Gasteiger partial charge on any atom is -0.338 e. The molecule has 4 aliphatic rings. The molecule has 1 heterocycles. The van der Waals surface area contributed by atoms with Crippen molar-refractivity contribution in [2.24, 2.45) is 30.2 Å². The van der Waals surface area contributed by atoms with Crippen molar-refractivity contribution in [3.05, 3.63) is 18.2 Å². The summed E-state index contributed by atoms with van der Waals surface area (Å²) in [6, 6.07) is 0.608. The summed E-state index contributed by atoms with van der Waals surface area (Å²) >= 11 is 0. The largest absolute Gasteiger partial charge is 0.338 e. The first-order valence-electron chi connectivity index (χ1n) is 8.32. The molecule has 0 aliphatic heterocycles. The van der Waals surface area contributed by atoms with E-state index in [1.807, 2.05) is 6.20 Å². The molecule has 110 valence electrons. The summed E-state index contributed by atoms with van der Waals surface area (Å²) in [7, 11) is 4.28. The van der Waals surface area contributed by atoms with E-state index in [1.165, 1.54) is 44.3 Å². The fourth-order valence-corrected chi connectivity index (χ4v) is 6.00. The Kier molecular flexibility index (Phi) is 2.95. The summed E-state index contributed by atoms with van der Waals surface area (Å²) in [5, 5.41) is 3.67. The average molecular weight is 273 g/mol. The van der Waals surface area contributed by atoms with Gasteiger partial charge in [-0.2, -0.15) is 0 Å². The molecule has 4 bridgehead atoms. The Hall–Kier alpha value is -0.830. The average Bonchev–Trinajstić information content (AvgIpc) is 2.79. The smallest absolute Gasteiger partial charge is 0.109 e. The van der Waals surface area contributed by atoms with Gasteiger partial charge in [0, 0.05) is 31.9 Å². The van der Waals surface area contributed by atoms with Gasteiger partial charge in [0.25, 0.3) is 0 Å². The second-order valence-corrected chi connectivity index (χ2v) is 7.78. The summed E-state index contributed by atoms with van der Waals surface area (Å²) in [4.78, 5) is 4.55. The van der Waals surface area contributed by atoms with Crippen molar-refractivity contribution in [2.75, 3.05) is 7.05 Å². The number of nitrogens with one attached hydrogen (secondary N) is 1. The number of imidazole rings is 1. The minimum absolute atomic E-state index is 0.565. The highest BCUT2D eigenvalue weighted by atomic mass is 15.0. The summed E-state index contributed by atoms with van der Waals surface area (Å²) < 4.78 is 2.19. The van der Waals surface area contributed by atoms with Crippen molar-refractivity contribution in [2.45, 2.75) is 51.0 Å². The summed E-state index contributed by atoms with van der Waals surface area (Å²) in [5.74, 6) is 4.32. The first-order valence-corrected chi connectivity index (χ1v) is 8.32. The highest BCUT2D eigenvalue weighted by molar-refractivity contribution is 5.08. The van der Waals surface area contributed by atoms with Crippen LogP contribution < -0.4 is 5.32 Å². The summed E-state index contributed by atoms with van der Waals surface area (Å²) in [6.07, 6.45) is 14.1. The van der Waals surface area contributed by atoms with E-state index >= 15 is 0 Å². The first-order chi connectivity index (χ1) is 9.68. The van der Waals surface area contributed by atoms with Crippen LogP contribution in [0.25, 0.3) is 0 Å². The number of aromatic nitrogens is 2. The van der Waals surface area contributed by atoms with E-state index in [-0.39, 0.29) is 0 Å². The van der Waals surface area contributed by atoms with Crippen LogP contribution in [0.4, 0.5) is 0 Å². The molecule has 3 nitrogen and oxygen atoms in total. The molecule has 5 rings (SSSR count). The molecule has 1 atom stereocenters. The van der Waals surface area contributed by atoms with E-state index in [9.17, 15) is 0 Å². The van der Waals surface area contributed by atoms with Crippen molar-refractivity contribution >= 4 is 0 Å². The molecule has 0 saturated heterocycles. The van der Waals surface area contributed by atoms with Gasteiger partial charge in [-0.25, -0.2) is 4.98 Å². The van der Waals surface area contributed by atoms with Crippen LogP contribution in [0.2, 0.25) is 0 Å². The molecule has 1 unspecified atom stereocenters. The lowest BCUT2D eigenvalue weighted by Crippen LogP contribution is -2.56. The fourth-order valence-electron chi connectivity index (χ4n) is 6.00. The second kappa shape index (κ2) is 4.59. The normalized spacial score (nSPS) is 40.2. The molecule has 1 N–H and O–H groups in total. The Morgan fingerprint density at radius 3 is 2.30 bits per heavy atom. The SMILES string of the molecule is CNC(Cc1nccn1C)C12CC3CC(CC(C3)C1)C2. The molecular weight excluding hydrogens is 246 g/mol. The molecule has 3 heteroatoms. The van der Waals surface area contributed by atoms with Crippen molar-refractivity contribution in [1.82, 2.24) is 14.9 Å². The van der Waals surface area contributed by atoms with Gasteiger partial charge < -0.3 is 9.88 Å². The molecule has 4 saturated carbocycles. The van der Waals surface area contributed by atoms with Crippen molar-refractivity contribution in [3.8, 4) is 0 Å². The van der Waals surface area contributed by atoms with Crippen molar-refractivity contribution < 1.29 is 0 Å². The maximum Gasteiger partial charge on any atom is 0.109 e. The number of hydrogen-bond donors (Lipinski definition) is 1. The molecule has 0 spiro atoms. The molecule has 1 aromatic rings. The van der Waals surface area contributed by atoms with Gasteiger partial charge in [-0.15, -0.1) is 0 Å². The highest BCUT2D eigenvalue weighted by Crippen LogP contribution is 2.61. The Bertz CT molecular complexity index is 455. The third-order valence-electron chi connectivity index (χ3n) is 6.48. The topological polar surface area (TPSA) is 29.9 Å². The van der Waals surface area contributed by atoms with Gasteiger partial charge in [0.05, 0.1) is 0 Å². The standard InChI is InChI=1S/C17H27N3/c1-18-15(8-16-19-3-4-20(16)2)17-9-12-5-13(10-17)7-14(6-12)11-17/h3-4,12-15,18H,5-11H2,1-2H3. The third kappa shape index (κ3) is 1.93. The monoisotopic (exact) mass is 273 g/mol. The lowest BCUT2D eigenvalue weighted by molar-refractivity contribution is -0.0728. The zero-order chi connectivity index (χ0) is 13.7. The molecular formula is C17H27N3. The van der Waals surface area contributed by atoms with Crippen molar-refractivity contribution in [1.29, 1.82) is 0 Å². The van der Waals surface area contributed by atoms with E-state index < -0.39 is 0 Å². The van der Waals surface area contributed by atoms with Crippen LogP contribution in [-0.2, 0) is 13.5 Å². The number of likely N-dealkylation sites (N-methyl/N-ethyl adjacent to an activating group) is 1. The molecule has 4 fully saturated rings. The molecule has 0 amide bonds. The molecule has 4 aliphatic carbocycles. The highest BCUT2D eigenvalue weighted by Gasteiger charge is 2.53. The van der Waals surface area contributed by atoms with E-state index in [2.05, 4.69) is 35.2 Å². The minimum atomic E-state index is 0.565. The molecule has 20 heavy (non-hydrogen) atoms. The Morgan fingerprint density at radius 2 is 1.85 bits per heavy atom. The lowest BCUT2D eigenvalue weighted by atomic mass is 9.47. The molecule has 1 aromatic heterocycles. The van der Waals surface area contributed by atoms with Gasteiger partial charge in [0.1, 0.15) is 5.82 Å². The second-order valence-electron chi connectivity index (χ2n) is 7.78. The number of aryl methyl sites for hydroxylation is 1. The van der Waals surface area contributed by atoms with Gasteiger partial charge in [-0.3, -0.25) is 0 Å². The van der Waals surface area contributed by atoms with Crippen LogP contribution in [0, 0.1) is 23.2 Å². The van der Waals surface area contributed by atoms with Crippen LogP contribution in [0.5, 0.6) is 0 Å². The van der Waals surface area contributed by atoms with Crippen LogP contribution >= 0.6 is 0 Å².